The number of nitrogens with one attached hydrogen (secondary N) is 2. The van der Waals surface area contributed by atoms with Gasteiger partial charge in [0.2, 0.25) is 17.7 Å². The van der Waals surface area contributed by atoms with Gasteiger partial charge in [-0.2, -0.15) is 0 Å². The number of carbonyl (C=O) groups excluding carboxylic acids is 3. The Labute approximate surface area is 166 Å². The lowest BCUT2D eigenvalue weighted by atomic mass is 9.98. The first kappa shape index (κ1) is 23.9. The molecule has 0 aromatic carbocycles. The fraction of sp³-hybridized carbons (Fsp3) is 0.789. The number of carboxylic acids is 1. The molecular weight excluding hydrogens is 364 g/mol. The monoisotopic (exact) mass is 398 g/mol. The molecule has 9 heteroatoms. The van der Waals surface area contributed by atoms with Crippen molar-refractivity contribution in [3.8, 4) is 0 Å². The van der Waals surface area contributed by atoms with Gasteiger partial charge in [0.25, 0.3) is 0 Å². The Kier molecular flexibility index (Phi) is 8.87. The average Bonchev–Trinajstić information content (AvgIpc) is 3.11. The van der Waals surface area contributed by atoms with Crippen molar-refractivity contribution in [3.05, 3.63) is 0 Å². The molecule has 1 aliphatic rings. The summed E-state index contributed by atoms with van der Waals surface area (Å²) in [5.74, 6) is -2.78. The number of rotatable bonds is 9. The van der Waals surface area contributed by atoms with E-state index in [1.165, 1.54) is 11.8 Å². The van der Waals surface area contributed by atoms with Crippen LogP contribution in [0.3, 0.4) is 0 Å². The average molecular weight is 399 g/mol. The predicted molar refractivity (Wildman–Crippen MR) is 104 cm³/mol. The van der Waals surface area contributed by atoms with Crippen LogP contribution in [0.15, 0.2) is 0 Å². The van der Waals surface area contributed by atoms with Gasteiger partial charge >= 0.3 is 5.97 Å². The van der Waals surface area contributed by atoms with Gasteiger partial charge in [-0.3, -0.25) is 14.4 Å². The molecule has 1 fully saturated rings. The number of hydrogen-bond donors (Lipinski definition) is 4. The Morgan fingerprint density at radius 3 is 2.18 bits per heavy atom. The summed E-state index contributed by atoms with van der Waals surface area (Å²) in [5, 5.41) is 14.6. The smallest absolute Gasteiger partial charge is 0.326 e. The lowest BCUT2D eigenvalue weighted by Crippen LogP contribution is -2.58. The zero-order chi connectivity index (χ0) is 21.6. The predicted octanol–water partition coefficient (Wildman–Crippen LogP) is 0.0809. The van der Waals surface area contributed by atoms with Crippen molar-refractivity contribution < 1.29 is 24.3 Å². The molecule has 9 nitrogen and oxygen atoms in total. The van der Waals surface area contributed by atoms with E-state index in [4.69, 9.17) is 5.73 Å². The normalized spacial score (nSPS) is 21.0. The van der Waals surface area contributed by atoms with Crippen molar-refractivity contribution in [1.29, 1.82) is 0 Å². The Hall–Kier alpha value is -2.16. The summed E-state index contributed by atoms with van der Waals surface area (Å²) in [6.07, 6.45) is 1.69. The first-order chi connectivity index (χ1) is 13.0. The van der Waals surface area contributed by atoms with Gasteiger partial charge in [0.1, 0.15) is 18.1 Å². The molecule has 1 aliphatic heterocycles. The SMILES string of the molecule is CC[C@H](C)[C@H](NC(=O)[C@@H]1CCCN1C(=O)[C@@H](NC(=O)[C@H](C)N)C(C)C)C(=O)O. The first-order valence-electron chi connectivity index (χ1n) is 9.90. The van der Waals surface area contributed by atoms with Gasteiger partial charge in [0.15, 0.2) is 0 Å². The molecule has 0 saturated carbocycles. The van der Waals surface area contributed by atoms with Crippen molar-refractivity contribution in [1.82, 2.24) is 15.5 Å². The van der Waals surface area contributed by atoms with Gasteiger partial charge in [0.05, 0.1) is 6.04 Å². The maximum absolute atomic E-state index is 13.0. The molecule has 1 saturated heterocycles. The zero-order valence-electron chi connectivity index (χ0n) is 17.4. The third-order valence-corrected chi connectivity index (χ3v) is 5.26. The molecule has 5 atom stereocenters. The molecule has 160 valence electrons. The molecule has 0 unspecified atom stereocenters. The third-order valence-electron chi connectivity index (χ3n) is 5.26. The van der Waals surface area contributed by atoms with Crippen LogP contribution in [0, 0.1) is 11.8 Å². The number of amides is 3. The van der Waals surface area contributed by atoms with Crippen molar-refractivity contribution >= 4 is 23.7 Å². The molecule has 1 rings (SSSR count). The molecular formula is C19H34N4O5. The van der Waals surface area contributed by atoms with E-state index in [1.807, 2.05) is 6.92 Å². The van der Waals surface area contributed by atoms with Crippen LogP contribution in [-0.2, 0) is 19.2 Å². The molecule has 28 heavy (non-hydrogen) atoms. The number of carboxylic acid groups (broad SMARTS) is 1. The van der Waals surface area contributed by atoms with E-state index in [1.54, 1.807) is 20.8 Å². The van der Waals surface area contributed by atoms with Crippen molar-refractivity contribution in [2.75, 3.05) is 6.54 Å². The van der Waals surface area contributed by atoms with Crippen molar-refractivity contribution in [3.63, 3.8) is 0 Å². The second-order valence-electron chi connectivity index (χ2n) is 7.92. The molecule has 3 amide bonds. The molecule has 0 aromatic heterocycles. The molecule has 0 bridgehead atoms. The van der Waals surface area contributed by atoms with Crippen LogP contribution in [-0.4, -0.2) is 64.4 Å². The minimum absolute atomic E-state index is 0.189. The number of likely N-dealkylation sites (tertiary alicyclic amines) is 1. The van der Waals surface area contributed by atoms with Crippen LogP contribution in [0.2, 0.25) is 0 Å². The Morgan fingerprint density at radius 1 is 1.11 bits per heavy atom. The van der Waals surface area contributed by atoms with Crippen LogP contribution < -0.4 is 16.4 Å². The van der Waals surface area contributed by atoms with E-state index >= 15 is 0 Å². The maximum Gasteiger partial charge on any atom is 0.326 e. The number of carbonyl (C=O) groups is 4. The fourth-order valence-electron chi connectivity index (χ4n) is 3.21. The van der Waals surface area contributed by atoms with E-state index in [0.29, 0.717) is 25.8 Å². The highest BCUT2D eigenvalue weighted by Gasteiger charge is 2.40. The fourth-order valence-corrected chi connectivity index (χ4v) is 3.21. The maximum atomic E-state index is 13.0. The van der Waals surface area contributed by atoms with Gasteiger partial charge in [-0.1, -0.05) is 34.1 Å². The van der Waals surface area contributed by atoms with Crippen molar-refractivity contribution in [2.45, 2.75) is 78.0 Å². The van der Waals surface area contributed by atoms with E-state index < -0.39 is 42.0 Å². The summed E-state index contributed by atoms with van der Waals surface area (Å²) in [5.41, 5.74) is 5.58. The molecule has 0 aromatic rings. The first-order valence-corrected chi connectivity index (χ1v) is 9.90. The molecule has 1 heterocycles. The summed E-state index contributed by atoms with van der Waals surface area (Å²) in [6, 6.07) is -3.30. The van der Waals surface area contributed by atoms with Crippen LogP contribution in [0.1, 0.15) is 53.9 Å². The number of aliphatic carboxylic acids is 1. The van der Waals surface area contributed by atoms with E-state index in [-0.39, 0.29) is 17.7 Å². The Bertz CT molecular complexity index is 593. The Morgan fingerprint density at radius 2 is 1.71 bits per heavy atom. The second-order valence-corrected chi connectivity index (χ2v) is 7.92. The van der Waals surface area contributed by atoms with Gasteiger partial charge < -0.3 is 26.4 Å². The number of nitrogens with two attached hydrogens (primary N) is 1. The minimum atomic E-state index is -1.09. The standard InChI is InChI=1S/C19H34N4O5/c1-6-11(4)15(19(27)28)22-17(25)13-8-7-9-23(13)18(26)14(10(2)3)21-16(24)12(5)20/h10-15H,6-9,20H2,1-5H3,(H,21,24)(H,22,25)(H,27,28)/t11-,12-,13-,14-,15-/m0/s1. The van der Waals surface area contributed by atoms with Gasteiger partial charge in [-0.15, -0.1) is 0 Å². The minimum Gasteiger partial charge on any atom is -0.480 e. The highest BCUT2D eigenvalue weighted by molar-refractivity contribution is 5.94. The number of nitrogens with zero attached hydrogens (tertiary/aromatic N) is 1. The molecule has 0 spiro atoms. The van der Waals surface area contributed by atoms with Gasteiger partial charge in [-0.25, -0.2) is 4.79 Å². The van der Waals surface area contributed by atoms with Gasteiger partial charge in [-0.05, 0) is 31.6 Å². The highest BCUT2D eigenvalue weighted by Crippen LogP contribution is 2.21. The van der Waals surface area contributed by atoms with Crippen molar-refractivity contribution in [2.24, 2.45) is 17.6 Å². The summed E-state index contributed by atoms with van der Waals surface area (Å²) in [6.45, 7) is 9.14. The van der Waals surface area contributed by atoms with Crippen LogP contribution in [0.5, 0.6) is 0 Å². The van der Waals surface area contributed by atoms with E-state index in [0.717, 1.165) is 0 Å². The number of hydrogen-bond acceptors (Lipinski definition) is 5. The summed E-state index contributed by atoms with van der Waals surface area (Å²) in [7, 11) is 0. The van der Waals surface area contributed by atoms with Crippen LogP contribution >= 0.6 is 0 Å². The van der Waals surface area contributed by atoms with E-state index in [9.17, 15) is 24.3 Å². The Balaban J connectivity index is 2.94. The lowest BCUT2D eigenvalue weighted by molar-refractivity contribution is -0.146. The topological polar surface area (TPSA) is 142 Å². The molecule has 0 aliphatic carbocycles. The van der Waals surface area contributed by atoms with Crippen LogP contribution in [0.25, 0.3) is 0 Å². The molecule has 5 N–H and O–H groups in total. The largest absolute Gasteiger partial charge is 0.480 e. The van der Waals surface area contributed by atoms with Crippen LogP contribution in [0.4, 0.5) is 0 Å². The summed E-state index contributed by atoms with van der Waals surface area (Å²) >= 11 is 0. The van der Waals surface area contributed by atoms with Gasteiger partial charge in [0, 0.05) is 6.54 Å². The quantitative estimate of drug-likeness (QED) is 0.433. The highest BCUT2D eigenvalue weighted by atomic mass is 16.4. The molecule has 0 radical (unpaired) electrons. The summed E-state index contributed by atoms with van der Waals surface area (Å²) < 4.78 is 0. The zero-order valence-corrected chi connectivity index (χ0v) is 17.4. The third kappa shape index (κ3) is 5.92. The summed E-state index contributed by atoms with van der Waals surface area (Å²) in [4.78, 5) is 50.7. The lowest BCUT2D eigenvalue weighted by Gasteiger charge is -2.31. The van der Waals surface area contributed by atoms with E-state index in [2.05, 4.69) is 10.6 Å². The second kappa shape index (κ2) is 10.4.